The van der Waals surface area contributed by atoms with E-state index in [2.05, 4.69) is 5.32 Å². The average molecular weight is 311 g/mol. The van der Waals surface area contributed by atoms with E-state index in [0.29, 0.717) is 6.61 Å². The number of amides is 1. The number of nitrogens with one attached hydrogen (secondary N) is 1. The van der Waals surface area contributed by atoms with Gasteiger partial charge in [-0.15, -0.1) is 12.4 Å². The van der Waals surface area contributed by atoms with Crippen LogP contribution in [-0.2, 0) is 11.3 Å². The summed E-state index contributed by atoms with van der Waals surface area (Å²) >= 11 is 0. The van der Waals surface area contributed by atoms with Crippen molar-refractivity contribution >= 4 is 18.5 Å². The molecule has 3 fully saturated rings. The first-order valence-electron chi connectivity index (χ1n) is 7.37. The summed E-state index contributed by atoms with van der Waals surface area (Å²) in [7, 11) is 0. The van der Waals surface area contributed by atoms with Crippen LogP contribution in [0.3, 0.4) is 0 Å². The lowest BCUT2D eigenvalue weighted by Gasteiger charge is -2.51. The molecule has 2 bridgehead atoms. The molecule has 4 rings (SSSR count). The lowest BCUT2D eigenvalue weighted by atomic mass is 9.62. The van der Waals surface area contributed by atoms with Crippen molar-refractivity contribution in [2.45, 2.75) is 56.2 Å². The minimum atomic E-state index is -0.305. The van der Waals surface area contributed by atoms with Crippen LogP contribution in [0, 0.1) is 0 Å². The van der Waals surface area contributed by atoms with E-state index in [4.69, 9.17) is 10.5 Å². The number of hydrogen-bond donors (Lipinski definition) is 2. The van der Waals surface area contributed by atoms with Gasteiger partial charge in [0.15, 0.2) is 0 Å². The van der Waals surface area contributed by atoms with Crippen LogP contribution in [0.5, 0.6) is 0 Å². The standard InChI is InChI=1S/C16H22N2O2.ClH/c17-15-6-9-16(10-7-15,11-8-15)18-14(19)20-12-13-4-2-1-3-5-13;/h1-5H,6-12,17H2,(H,18,19);1H. The van der Waals surface area contributed by atoms with Gasteiger partial charge in [0.2, 0.25) is 0 Å². The maximum absolute atomic E-state index is 12.0. The zero-order chi connectivity index (χ0) is 14.1. The lowest BCUT2D eigenvalue weighted by molar-refractivity contribution is 0.0664. The van der Waals surface area contributed by atoms with Gasteiger partial charge in [0, 0.05) is 11.1 Å². The second-order valence-corrected chi connectivity index (χ2v) is 6.33. The van der Waals surface area contributed by atoms with Crippen molar-refractivity contribution in [1.82, 2.24) is 5.32 Å². The smallest absolute Gasteiger partial charge is 0.407 e. The quantitative estimate of drug-likeness (QED) is 0.901. The van der Waals surface area contributed by atoms with Gasteiger partial charge in [-0.3, -0.25) is 0 Å². The number of alkyl carbamates (subject to hydrolysis) is 1. The SMILES string of the molecule is Cl.NC12CCC(NC(=O)OCc3ccccc3)(CC1)CC2. The summed E-state index contributed by atoms with van der Waals surface area (Å²) in [6.45, 7) is 0.323. The fourth-order valence-electron chi connectivity index (χ4n) is 3.38. The van der Waals surface area contributed by atoms with Crippen LogP contribution in [0.1, 0.15) is 44.1 Å². The van der Waals surface area contributed by atoms with Gasteiger partial charge in [0.25, 0.3) is 0 Å². The Bertz CT molecular complexity index is 468. The molecule has 0 heterocycles. The predicted octanol–water partition coefficient (Wildman–Crippen LogP) is 3.14. The lowest BCUT2D eigenvalue weighted by Crippen LogP contribution is -2.61. The number of halogens is 1. The van der Waals surface area contributed by atoms with Gasteiger partial charge < -0.3 is 15.8 Å². The Kier molecular flexibility index (Phi) is 4.79. The number of carbonyl (C=O) groups excluding carboxylic acids is 1. The fraction of sp³-hybridized carbons (Fsp3) is 0.562. The highest BCUT2D eigenvalue weighted by Gasteiger charge is 2.47. The zero-order valence-corrected chi connectivity index (χ0v) is 13.0. The summed E-state index contributed by atoms with van der Waals surface area (Å²) < 4.78 is 5.32. The highest BCUT2D eigenvalue weighted by atomic mass is 35.5. The fourth-order valence-corrected chi connectivity index (χ4v) is 3.38. The molecule has 0 unspecified atom stereocenters. The first kappa shape index (κ1) is 16.1. The first-order chi connectivity index (χ1) is 9.59. The monoisotopic (exact) mass is 310 g/mol. The minimum absolute atomic E-state index is 0. The van der Waals surface area contributed by atoms with Crippen LogP contribution < -0.4 is 11.1 Å². The molecule has 3 aliphatic carbocycles. The number of ether oxygens (including phenoxy) is 1. The molecule has 0 radical (unpaired) electrons. The van der Waals surface area contributed by atoms with Crippen molar-refractivity contribution in [2.75, 3.05) is 0 Å². The van der Waals surface area contributed by atoms with Gasteiger partial charge in [0.1, 0.15) is 6.61 Å². The van der Waals surface area contributed by atoms with Gasteiger partial charge >= 0.3 is 6.09 Å². The molecule has 3 aliphatic rings. The van der Waals surface area contributed by atoms with Crippen molar-refractivity contribution in [3.8, 4) is 0 Å². The third-order valence-electron chi connectivity index (χ3n) is 4.88. The Labute approximate surface area is 131 Å². The van der Waals surface area contributed by atoms with Crippen LogP contribution >= 0.6 is 12.4 Å². The third-order valence-corrected chi connectivity index (χ3v) is 4.88. The number of benzene rings is 1. The molecule has 116 valence electrons. The molecule has 21 heavy (non-hydrogen) atoms. The summed E-state index contributed by atoms with van der Waals surface area (Å²) in [5, 5.41) is 3.09. The molecular weight excluding hydrogens is 288 g/mol. The molecule has 0 aliphatic heterocycles. The van der Waals surface area contributed by atoms with Crippen molar-refractivity contribution in [3.05, 3.63) is 35.9 Å². The second kappa shape index (κ2) is 6.24. The van der Waals surface area contributed by atoms with E-state index in [1.807, 2.05) is 30.3 Å². The Hall–Kier alpha value is -1.26. The predicted molar refractivity (Wildman–Crippen MR) is 84.4 cm³/mol. The molecule has 1 amide bonds. The molecule has 4 nitrogen and oxygen atoms in total. The van der Waals surface area contributed by atoms with Gasteiger partial charge in [-0.2, -0.15) is 0 Å². The van der Waals surface area contributed by atoms with E-state index < -0.39 is 0 Å². The van der Waals surface area contributed by atoms with Gasteiger partial charge in [-0.1, -0.05) is 30.3 Å². The third kappa shape index (κ3) is 3.69. The molecule has 5 heteroatoms. The normalized spacial score (nSPS) is 30.3. The molecule has 3 saturated carbocycles. The molecular formula is C16H23ClN2O2. The van der Waals surface area contributed by atoms with E-state index in [-0.39, 0.29) is 29.6 Å². The maximum Gasteiger partial charge on any atom is 0.407 e. The number of rotatable bonds is 3. The number of nitrogens with two attached hydrogens (primary N) is 1. The highest BCUT2D eigenvalue weighted by molar-refractivity contribution is 5.85. The second-order valence-electron chi connectivity index (χ2n) is 6.33. The van der Waals surface area contributed by atoms with E-state index in [9.17, 15) is 4.79 Å². The van der Waals surface area contributed by atoms with Crippen molar-refractivity contribution in [3.63, 3.8) is 0 Å². The average Bonchev–Trinajstić information content (AvgIpc) is 2.48. The van der Waals surface area contributed by atoms with Crippen LogP contribution in [0.25, 0.3) is 0 Å². The van der Waals surface area contributed by atoms with E-state index in [1.54, 1.807) is 0 Å². The maximum atomic E-state index is 12.0. The Balaban J connectivity index is 0.00000161. The van der Waals surface area contributed by atoms with Crippen LogP contribution in [0.4, 0.5) is 4.79 Å². The summed E-state index contributed by atoms with van der Waals surface area (Å²) in [4.78, 5) is 12.0. The first-order valence-corrected chi connectivity index (χ1v) is 7.37. The largest absolute Gasteiger partial charge is 0.445 e. The summed E-state index contributed by atoms with van der Waals surface area (Å²) in [5.41, 5.74) is 7.24. The highest BCUT2D eigenvalue weighted by Crippen LogP contribution is 2.45. The van der Waals surface area contributed by atoms with E-state index >= 15 is 0 Å². The van der Waals surface area contributed by atoms with Crippen molar-refractivity contribution < 1.29 is 9.53 Å². The van der Waals surface area contributed by atoms with Gasteiger partial charge in [-0.25, -0.2) is 4.79 Å². The van der Waals surface area contributed by atoms with Crippen LogP contribution in [-0.4, -0.2) is 17.2 Å². The Morgan fingerprint density at radius 3 is 2.24 bits per heavy atom. The van der Waals surface area contributed by atoms with Crippen molar-refractivity contribution in [2.24, 2.45) is 5.73 Å². The Morgan fingerprint density at radius 1 is 1.10 bits per heavy atom. The summed E-state index contributed by atoms with van der Waals surface area (Å²) in [6, 6.07) is 9.74. The Morgan fingerprint density at radius 2 is 1.67 bits per heavy atom. The van der Waals surface area contributed by atoms with Gasteiger partial charge in [0.05, 0.1) is 0 Å². The van der Waals surface area contributed by atoms with Crippen LogP contribution in [0.2, 0.25) is 0 Å². The molecule has 1 aromatic rings. The number of carbonyl (C=O) groups is 1. The number of hydrogen-bond acceptors (Lipinski definition) is 3. The van der Waals surface area contributed by atoms with Crippen LogP contribution in [0.15, 0.2) is 30.3 Å². The molecule has 0 saturated heterocycles. The van der Waals surface area contributed by atoms with Gasteiger partial charge in [-0.05, 0) is 44.1 Å². The van der Waals surface area contributed by atoms with E-state index in [1.165, 1.54) is 0 Å². The summed E-state index contributed by atoms with van der Waals surface area (Å²) in [6.07, 6.45) is 5.64. The van der Waals surface area contributed by atoms with E-state index in [0.717, 1.165) is 44.1 Å². The zero-order valence-electron chi connectivity index (χ0n) is 12.1. The molecule has 0 aromatic heterocycles. The molecule has 0 atom stereocenters. The topological polar surface area (TPSA) is 64.3 Å². The van der Waals surface area contributed by atoms with Crippen molar-refractivity contribution in [1.29, 1.82) is 0 Å². The summed E-state index contributed by atoms with van der Waals surface area (Å²) in [5.74, 6) is 0. The molecule has 1 aromatic carbocycles. The minimum Gasteiger partial charge on any atom is -0.445 e. The molecule has 3 N–H and O–H groups in total. The number of fused-ring (bicyclic) bond motifs is 3. The molecule has 0 spiro atoms.